The highest BCUT2D eigenvalue weighted by molar-refractivity contribution is 7.98. The Labute approximate surface area is 128 Å². The molecule has 0 saturated carbocycles. The second kappa shape index (κ2) is 5.64. The van der Waals surface area contributed by atoms with Gasteiger partial charge in [0, 0.05) is 30.3 Å². The lowest BCUT2D eigenvalue weighted by molar-refractivity contribution is -0.384. The lowest BCUT2D eigenvalue weighted by Crippen LogP contribution is -2.08. The van der Waals surface area contributed by atoms with E-state index in [1.165, 1.54) is 23.9 Å². The van der Waals surface area contributed by atoms with Gasteiger partial charge in [-0.15, -0.1) is 0 Å². The predicted molar refractivity (Wildman–Crippen MR) is 84.4 cm³/mol. The minimum Gasteiger partial charge on any atom is -0.355 e. The molecule has 7 nitrogen and oxygen atoms in total. The number of nitrogens with zero attached hydrogens (tertiary/aromatic N) is 2. The molecule has 0 amide bonds. The molecule has 1 aromatic carbocycles. The Kier molecular flexibility index (Phi) is 3.68. The lowest BCUT2D eigenvalue weighted by Gasteiger charge is -2.01. The van der Waals surface area contributed by atoms with Gasteiger partial charge < -0.3 is 4.98 Å². The van der Waals surface area contributed by atoms with Crippen molar-refractivity contribution < 1.29 is 4.92 Å². The molecule has 0 aliphatic rings. The van der Waals surface area contributed by atoms with Crippen LogP contribution in [0.3, 0.4) is 0 Å². The first-order valence-electron chi connectivity index (χ1n) is 6.46. The Morgan fingerprint density at radius 2 is 2.05 bits per heavy atom. The van der Waals surface area contributed by atoms with E-state index in [0.29, 0.717) is 22.6 Å². The summed E-state index contributed by atoms with van der Waals surface area (Å²) in [4.78, 5) is 32.2. The van der Waals surface area contributed by atoms with Crippen LogP contribution in [0.25, 0.3) is 11.0 Å². The summed E-state index contributed by atoms with van der Waals surface area (Å²) in [6.07, 6.45) is 4.13. The van der Waals surface area contributed by atoms with Crippen LogP contribution in [-0.4, -0.2) is 26.1 Å². The Balaban J connectivity index is 1.98. The van der Waals surface area contributed by atoms with Crippen LogP contribution in [0.1, 0.15) is 11.1 Å². The summed E-state index contributed by atoms with van der Waals surface area (Å²) in [5.74, 6) is 0. The molecule has 0 unspecified atom stereocenters. The van der Waals surface area contributed by atoms with E-state index in [0.717, 1.165) is 11.1 Å². The Morgan fingerprint density at radius 1 is 1.32 bits per heavy atom. The number of benzene rings is 1. The maximum atomic E-state index is 11.9. The number of H-pyrrole nitrogens is 2. The monoisotopic (exact) mass is 316 g/mol. The van der Waals surface area contributed by atoms with Crippen molar-refractivity contribution in [2.24, 2.45) is 0 Å². The zero-order chi connectivity index (χ0) is 15.7. The number of hydrogen-bond donors (Lipinski definition) is 2. The molecule has 0 bridgehead atoms. The van der Waals surface area contributed by atoms with Crippen LogP contribution in [0.15, 0.2) is 40.4 Å². The third-order valence-corrected chi connectivity index (χ3v) is 3.91. The van der Waals surface area contributed by atoms with Gasteiger partial charge in [-0.25, -0.2) is 4.98 Å². The Bertz CT molecular complexity index is 899. The van der Waals surface area contributed by atoms with Crippen molar-refractivity contribution in [2.75, 3.05) is 6.26 Å². The minimum atomic E-state index is -0.429. The first-order valence-corrected chi connectivity index (χ1v) is 7.68. The average Bonchev–Trinajstić information content (AvgIpc) is 2.91. The number of aromatic amines is 2. The fourth-order valence-electron chi connectivity index (χ4n) is 2.23. The maximum absolute atomic E-state index is 11.9. The molecule has 0 saturated heterocycles. The third kappa shape index (κ3) is 2.60. The van der Waals surface area contributed by atoms with Crippen molar-refractivity contribution in [3.63, 3.8) is 0 Å². The van der Waals surface area contributed by atoms with Gasteiger partial charge in [-0.1, -0.05) is 23.9 Å². The molecule has 22 heavy (non-hydrogen) atoms. The Hall–Kier alpha value is -2.61. The second-order valence-corrected chi connectivity index (χ2v) is 5.51. The summed E-state index contributed by atoms with van der Waals surface area (Å²) < 4.78 is 0. The number of nitro benzene ring substituents is 1. The summed E-state index contributed by atoms with van der Waals surface area (Å²) in [6, 6.07) is 6.36. The number of non-ortho nitro benzene ring substituents is 1. The number of nitro groups is 1. The molecule has 0 aliphatic heterocycles. The number of rotatable bonds is 4. The van der Waals surface area contributed by atoms with Gasteiger partial charge in [-0.2, -0.15) is 0 Å². The molecule has 3 aromatic rings. The van der Waals surface area contributed by atoms with E-state index in [9.17, 15) is 14.9 Å². The van der Waals surface area contributed by atoms with E-state index in [4.69, 9.17) is 0 Å². The van der Waals surface area contributed by atoms with Crippen molar-refractivity contribution in [3.8, 4) is 0 Å². The van der Waals surface area contributed by atoms with Crippen LogP contribution in [0, 0.1) is 10.1 Å². The molecular weight excluding hydrogens is 304 g/mol. The molecule has 0 atom stereocenters. The van der Waals surface area contributed by atoms with Crippen LogP contribution < -0.4 is 5.56 Å². The van der Waals surface area contributed by atoms with Crippen molar-refractivity contribution >= 4 is 28.5 Å². The van der Waals surface area contributed by atoms with Gasteiger partial charge >= 0.3 is 0 Å². The summed E-state index contributed by atoms with van der Waals surface area (Å²) in [6.45, 7) is 0. The molecule has 2 N–H and O–H groups in total. The highest BCUT2D eigenvalue weighted by Gasteiger charge is 2.11. The van der Waals surface area contributed by atoms with E-state index < -0.39 is 4.92 Å². The number of aromatic nitrogens is 3. The molecule has 8 heteroatoms. The van der Waals surface area contributed by atoms with E-state index in [1.807, 2.05) is 6.26 Å². The molecule has 0 aliphatic carbocycles. The standard InChI is InChI=1S/C14H12N4O3S/c1-22-14-16-11-9(7-15-12(11)13(19)17-14)6-8-2-4-10(5-3-8)18(20)21/h2-5,7,15H,6H2,1H3,(H,16,17,19). The Morgan fingerprint density at radius 3 is 2.68 bits per heavy atom. The SMILES string of the molecule is CSc1nc2c(Cc3ccc([N+](=O)[O-])cc3)c[nH]c2c(=O)[nH]1. The van der Waals surface area contributed by atoms with Crippen LogP contribution >= 0.6 is 11.8 Å². The number of thioether (sulfide) groups is 1. The zero-order valence-corrected chi connectivity index (χ0v) is 12.4. The van der Waals surface area contributed by atoms with Gasteiger partial charge in [0.15, 0.2) is 5.16 Å². The van der Waals surface area contributed by atoms with Crippen LogP contribution in [0.4, 0.5) is 5.69 Å². The summed E-state index contributed by atoms with van der Waals surface area (Å²) in [5, 5.41) is 11.2. The largest absolute Gasteiger partial charge is 0.355 e. The van der Waals surface area contributed by atoms with Crippen molar-refractivity contribution in [2.45, 2.75) is 11.6 Å². The van der Waals surface area contributed by atoms with Gasteiger partial charge in [0.05, 0.1) is 4.92 Å². The molecule has 112 valence electrons. The van der Waals surface area contributed by atoms with E-state index in [2.05, 4.69) is 15.0 Å². The molecule has 2 heterocycles. The predicted octanol–water partition coefficient (Wildman–Crippen LogP) is 2.47. The summed E-state index contributed by atoms with van der Waals surface area (Å²) in [7, 11) is 0. The normalized spacial score (nSPS) is 11.0. The molecule has 2 aromatic heterocycles. The molecule has 0 fully saturated rings. The molecular formula is C14H12N4O3S. The van der Waals surface area contributed by atoms with Crippen molar-refractivity contribution in [3.05, 3.63) is 62.1 Å². The highest BCUT2D eigenvalue weighted by atomic mass is 32.2. The zero-order valence-electron chi connectivity index (χ0n) is 11.6. The fraction of sp³-hybridized carbons (Fsp3) is 0.143. The molecule has 3 rings (SSSR count). The summed E-state index contributed by atoms with van der Waals surface area (Å²) in [5.41, 5.74) is 2.72. The molecule has 0 spiro atoms. The van der Waals surface area contributed by atoms with Crippen LogP contribution in [0.2, 0.25) is 0 Å². The van der Waals surface area contributed by atoms with Gasteiger partial charge in [0.25, 0.3) is 11.2 Å². The fourth-order valence-corrected chi connectivity index (χ4v) is 2.61. The topological polar surface area (TPSA) is 105 Å². The van der Waals surface area contributed by atoms with E-state index in [-0.39, 0.29) is 11.2 Å². The van der Waals surface area contributed by atoms with E-state index >= 15 is 0 Å². The minimum absolute atomic E-state index is 0.0573. The summed E-state index contributed by atoms with van der Waals surface area (Å²) >= 11 is 1.37. The molecule has 0 radical (unpaired) electrons. The van der Waals surface area contributed by atoms with Crippen molar-refractivity contribution in [1.82, 2.24) is 15.0 Å². The maximum Gasteiger partial charge on any atom is 0.275 e. The number of fused-ring (bicyclic) bond motifs is 1. The second-order valence-electron chi connectivity index (χ2n) is 4.71. The average molecular weight is 316 g/mol. The number of nitrogens with one attached hydrogen (secondary N) is 2. The quantitative estimate of drug-likeness (QED) is 0.333. The highest BCUT2D eigenvalue weighted by Crippen LogP contribution is 2.20. The number of hydrogen-bond acceptors (Lipinski definition) is 5. The van der Waals surface area contributed by atoms with Gasteiger partial charge in [-0.3, -0.25) is 19.9 Å². The lowest BCUT2D eigenvalue weighted by atomic mass is 10.1. The first kappa shape index (κ1) is 14.3. The van der Waals surface area contributed by atoms with Gasteiger partial charge in [0.2, 0.25) is 0 Å². The smallest absolute Gasteiger partial charge is 0.275 e. The third-order valence-electron chi connectivity index (χ3n) is 3.33. The van der Waals surface area contributed by atoms with Gasteiger partial charge in [0.1, 0.15) is 11.0 Å². The van der Waals surface area contributed by atoms with Gasteiger partial charge in [-0.05, 0) is 11.8 Å². The van der Waals surface area contributed by atoms with Crippen LogP contribution in [0.5, 0.6) is 0 Å². The van der Waals surface area contributed by atoms with Crippen molar-refractivity contribution in [1.29, 1.82) is 0 Å². The van der Waals surface area contributed by atoms with Crippen LogP contribution in [-0.2, 0) is 6.42 Å². The first-order chi connectivity index (χ1) is 10.6. The van der Waals surface area contributed by atoms with E-state index in [1.54, 1.807) is 18.3 Å².